The summed E-state index contributed by atoms with van der Waals surface area (Å²) in [5, 5.41) is 3.73. The fourth-order valence-electron chi connectivity index (χ4n) is 2.77. The minimum atomic E-state index is 0.506. The molecule has 2 nitrogen and oxygen atoms in total. The van der Waals surface area contributed by atoms with Crippen LogP contribution in [0.5, 0.6) is 0 Å². The molecule has 0 aliphatic carbocycles. The van der Waals surface area contributed by atoms with Gasteiger partial charge in [0.1, 0.15) is 0 Å². The average Bonchev–Trinajstić information content (AvgIpc) is 2.77. The smallest absolute Gasteiger partial charge is 0.0616 e. The predicted molar refractivity (Wildman–Crippen MR) is 69.7 cm³/mol. The van der Waals surface area contributed by atoms with Crippen molar-refractivity contribution in [3.63, 3.8) is 0 Å². The summed E-state index contributed by atoms with van der Waals surface area (Å²) in [6, 6.07) is 0.687. The van der Waals surface area contributed by atoms with Crippen molar-refractivity contribution in [2.45, 2.75) is 71.4 Å². The number of hydrogen-bond donors (Lipinski definition) is 1. The SMILES string of the molecule is CCCCC(NCCC)C1CCOC1CC. The van der Waals surface area contributed by atoms with Gasteiger partial charge in [-0.2, -0.15) is 0 Å². The molecular formula is C14H29NO. The van der Waals surface area contributed by atoms with E-state index >= 15 is 0 Å². The first-order valence-electron chi connectivity index (χ1n) is 7.18. The van der Waals surface area contributed by atoms with Crippen molar-refractivity contribution in [3.05, 3.63) is 0 Å². The Balaban J connectivity index is 2.45. The van der Waals surface area contributed by atoms with Crippen LogP contribution in [0.25, 0.3) is 0 Å². The van der Waals surface area contributed by atoms with E-state index in [9.17, 15) is 0 Å². The Hall–Kier alpha value is -0.0800. The maximum Gasteiger partial charge on any atom is 0.0616 e. The maximum absolute atomic E-state index is 5.82. The zero-order valence-corrected chi connectivity index (χ0v) is 11.3. The van der Waals surface area contributed by atoms with Crippen molar-refractivity contribution in [3.8, 4) is 0 Å². The third-order valence-corrected chi connectivity index (χ3v) is 3.71. The van der Waals surface area contributed by atoms with Crippen LogP contribution in [0.4, 0.5) is 0 Å². The largest absolute Gasteiger partial charge is 0.378 e. The molecule has 0 aromatic carbocycles. The van der Waals surface area contributed by atoms with Crippen LogP contribution >= 0.6 is 0 Å². The van der Waals surface area contributed by atoms with Gasteiger partial charge < -0.3 is 10.1 Å². The van der Waals surface area contributed by atoms with Crippen LogP contribution in [-0.2, 0) is 4.74 Å². The Kier molecular flexibility index (Phi) is 7.06. The van der Waals surface area contributed by atoms with Crippen LogP contribution in [0.1, 0.15) is 59.3 Å². The summed E-state index contributed by atoms with van der Waals surface area (Å²) in [5.74, 6) is 0.753. The van der Waals surface area contributed by atoms with Crippen molar-refractivity contribution in [1.82, 2.24) is 5.32 Å². The molecule has 0 radical (unpaired) electrons. The third kappa shape index (κ3) is 4.06. The molecule has 0 amide bonds. The molecule has 16 heavy (non-hydrogen) atoms. The average molecular weight is 227 g/mol. The van der Waals surface area contributed by atoms with Crippen LogP contribution in [0.3, 0.4) is 0 Å². The Morgan fingerprint density at radius 2 is 2.06 bits per heavy atom. The van der Waals surface area contributed by atoms with Crippen LogP contribution < -0.4 is 5.32 Å². The monoisotopic (exact) mass is 227 g/mol. The highest BCUT2D eigenvalue weighted by Gasteiger charge is 2.32. The van der Waals surface area contributed by atoms with Gasteiger partial charge >= 0.3 is 0 Å². The number of ether oxygens (including phenoxy) is 1. The van der Waals surface area contributed by atoms with Gasteiger partial charge in [0.2, 0.25) is 0 Å². The van der Waals surface area contributed by atoms with E-state index in [4.69, 9.17) is 4.74 Å². The molecule has 3 atom stereocenters. The molecule has 2 heteroatoms. The van der Waals surface area contributed by atoms with Crippen LogP contribution in [0.15, 0.2) is 0 Å². The fraction of sp³-hybridized carbons (Fsp3) is 1.00. The zero-order valence-electron chi connectivity index (χ0n) is 11.3. The lowest BCUT2D eigenvalue weighted by Crippen LogP contribution is -2.40. The highest BCUT2D eigenvalue weighted by molar-refractivity contribution is 4.85. The summed E-state index contributed by atoms with van der Waals surface area (Å²) in [5.41, 5.74) is 0. The summed E-state index contributed by atoms with van der Waals surface area (Å²) in [4.78, 5) is 0. The molecule has 3 unspecified atom stereocenters. The van der Waals surface area contributed by atoms with E-state index in [2.05, 4.69) is 26.1 Å². The van der Waals surface area contributed by atoms with E-state index in [0.29, 0.717) is 12.1 Å². The van der Waals surface area contributed by atoms with Gasteiger partial charge in [-0.15, -0.1) is 0 Å². The molecule has 1 N–H and O–H groups in total. The van der Waals surface area contributed by atoms with Crippen LogP contribution in [0, 0.1) is 5.92 Å². The molecule has 0 bridgehead atoms. The maximum atomic E-state index is 5.82. The van der Waals surface area contributed by atoms with E-state index in [-0.39, 0.29) is 0 Å². The standard InChI is InChI=1S/C14H29NO/c1-4-7-8-13(15-10-5-2)12-9-11-16-14(12)6-3/h12-15H,4-11H2,1-3H3. The summed E-state index contributed by atoms with van der Waals surface area (Å²) >= 11 is 0. The minimum Gasteiger partial charge on any atom is -0.378 e. The molecule has 1 heterocycles. The van der Waals surface area contributed by atoms with Gasteiger partial charge in [-0.25, -0.2) is 0 Å². The lowest BCUT2D eigenvalue weighted by molar-refractivity contribution is 0.0762. The van der Waals surface area contributed by atoms with Gasteiger partial charge in [-0.05, 0) is 32.2 Å². The van der Waals surface area contributed by atoms with Gasteiger partial charge in [0.25, 0.3) is 0 Å². The highest BCUT2D eigenvalue weighted by atomic mass is 16.5. The van der Waals surface area contributed by atoms with E-state index in [1.807, 2.05) is 0 Å². The van der Waals surface area contributed by atoms with E-state index in [0.717, 1.165) is 19.1 Å². The predicted octanol–water partition coefficient (Wildman–Crippen LogP) is 3.36. The summed E-state index contributed by atoms with van der Waals surface area (Å²) in [6.45, 7) is 8.90. The lowest BCUT2D eigenvalue weighted by Gasteiger charge is -2.28. The second-order valence-corrected chi connectivity index (χ2v) is 4.97. The first-order valence-corrected chi connectivity index (χ1v) is 7.18. The number of nitrogens with one attached hydrogen (secondary N) is 1. The van der Waals surface area contributed by atoms with Gasteiger partial charge in [-0.1, -0.05) is 33.6 Å². The van der Waals surface area contributed by atoms with Gasteiger partial charge in [0, 0.05) is 18.6 Å². The number of hydrogen-bond acceptors (Lipinski definition) is 2. The summed E-state index contributed by atoms with van der Waals surface area (Å²) in [6.07, 6.45) is 8.12. The van der Waals surface area contributed by atoms with Crippen LogP contribution in [0.2, 0.25) is 0 Å². The molecule has 96 valence electrons. The third-order valence-electron chi connectivity index (χ3n) is 3.71. The van der Waals surface area contributed by atoms with E-state index in [1.54, 1.807) is 0 Å². The summed E-state index contributed by atoms with van der Waals surface area (Å²) in [7, 11) is 0. The van der Waals surface area contributed by atoms with Crippen molar-refractivity contribution in [1.29, 1.82) is 0 Å². The van der Waals surface area contributed by atoms with Crippen molar-refractivity contribution >= 4 is 0 Å². The second kappa shape index (κ2) is 8.08. The van der Waals surface area contributed by atoms with Gasteiger partial charge in [0.05, 0.1) is 6.10 Å². The van der Waals surface area contributed by atoms with Crippen LogP contribution in [-0.4, -0.2) is 25.3 Å². The minimum absolute atomic E-state index is 0.506. The molecule has 0 aromatic rings. The zero-order chi connectivity index (χ0) is 11.8. The van der Waals surface area contributed by atoms with E-state index in [1.165, 1.54) is 38.5 Å². The second-order valence-electron chi connectivity index (χ2n) is 4.97. The Morgan fingerprint density at radius 1 is 1.25 bits per heavy atom. The number of unbranched alkanes of at least 4 members (excludes halogenated alkanes) is 1. The molecule has 0 saturated carbocycles. The van der Waals surface area contributed by atoms with Crippen molar-refractivity contribution in [2.24, 2.45) is 5.92 Å². The van der Waals surface area contributed by atoms with Gasteiger partial charge in [-0.3, -0.25) is 0 Å². The number of rotatable bonds is 8. The molecule has 0 spiro atoms. The molecule has 1 rings (SSSR count). The Labute approximate surface area is 101 Å². The molecule has 1 aliphatic heterocycles. The first-order chi connectivity index (χ1) is 7.83. The van der Waals surface area contributed by atoms with E-state index < -0.39 is 0 Å². The van der Waals surface area contributed by atoms with Gasteiger partial charge in [0.15, 0.2) is 0 Å². The van der Waals surface area contributed by atoms with Crippen molar-refractivity contribution in [2.75, 3.05) is 13.2 Å². The first kappa shape index (κ1) is 14.0. The summed E-state index contributed by atoms with van der Waals surface area (Å²) < 4.78 is 5.82. The van der Waals surface area contributed by atoms with Crippen molar-refractivity contribution < 1.29 is 4.74 Å². The molecular weight excluding hydrogens is 198 g/mol. The molecule has 1 aliphatic rings. The quantitative estimate of drug-likeness (QED) is 0.686. The topological polar surface area (TPSA) is 21.3 Å². The lowest BCUT2D eigenvalue weighted by atomic mass is 9.88. The molecule has 1 saturated heterocycles. The highest BCUT2D eigenvalue weighted by Crippen LogP contribution is 2.28. The molecule has 0 aromatic heterocycles. The Bertz CT molecular complexity index is 164. The Morgan fingerprint density at radius 3 is 2.69 bits per heavy atom. The normalized spacial score (nSPS) is 27.2. The fourth-order valence-corrected chi connectivity index (χ4v) is 2.77. The molecule has 1 fully saturated rings.